The van der Waals surface area contributed by atoms with Crippen LogP contribution in [0.5, 0.6) is 5.75 Å². The number of nitrogens with one attached hydrogen (secondary N) is 1. The first-order valence-electron chi connectivity index (χ1n) is 8.39. The van der Waals surface area contributed by atoms with E-state index in [1.54, 1.807) is 19.2 Å². The van der Waals surface area contributed by atoms with E-state index in [1.165, 1.54) is 17.5 Å². The van der Waals surface area contributed by atoms with Gasteiger partial charge in [-0.2, -0.15) is 0 Å². The largest absolute Gasteiger partial charge is 0.494 e. The molecule has 0 saturated carbocycles. The number of anilines is 2. The molecule has 0 unspecified atom stereocenters. The van der Waals surface area contributed by atoms with Crippen molar-refractivity contribution in [2.45, 2.75) is 0 Å². The van der Waals surface area contributed by atoms with Gasteiger partial charge in [-0.05, 0) is 24.3 Å². The Morgan fingerprint density at radius 2 is 2.15 bits per heavy atom. The van der Waals surface area contributed by atoms with Gasteiger partial charge < -0.3 is 14.4 Å². The minimum absolute atomic E-state index is 0.155. The average molecular weight is 405 g/mol. The first-order valence-corrected chi connectivity index (χ1v) is 9.59. The van der Waals surface area contributed by atoms with Crippen LogP contribution in [0.15, 0.2) is 30.5 Å². The molecule has 1 saturated heterocycles. The van der Waals surface area contributed by atoms with Crippen LogP contribution in [-0.2, 0) is 4.74 Å². The Labute approximate surface area is 164 Å². The summed E-state index contributed by atoms with van der Waals surface area (Å²) in [5.41, 5.74) is 2.09. The molecular weight excluding hydrogens is 388 g/mol. The Balaban J connectivity index is 1.70. The number of fused-ring (bicyclic) bond motifs is 1. The molecule has 0 radical (unpaired) electrons. The third kappa shape index (κ3) is 3.55. The van der Waals surface area contributed by atoms with Crippen LogP contribution < -0.4 is 15.0 Å². The number of carbonyl (C=O) groups is 1. The molecule has 140 valence electrons. The topological polar surface area (TPSA) is 76.6 Å². The van der Waals surface area contributed by atoms with Crippen LogP contribution in [-0.4, -0.2) is 49.3 Å². The molecule has 3 aromatic rings. The van der Waals surface area contributed by atoms with Gasteiger partial charge in [-0.1, -0.05) is 22.9 Å². The zero-order chi connectivity index (χ0) is 18.8. The lowest BCUT2D eigenvalue weighted by Gasteiger charge is -2.29. The zero-order valence-corrected chi connectivity index (χ0v) is 16.1. The summed E-state index contributed by atoms with van der Waals surface area (Å²) in [6, 6.07) is 7.21. The fraction of sp³-hybridized carbons (Fsp3) is 0.278. The maximum absolute atomic E-state index is 12.5. The number of amides is 1. The normalized spacial score (nSPS) is 14.4. The van der Waals surface area contributed by atoms with Gasteiger partial charge in [0.05, 0.1) is 36.3 Å². The van der Waals surface area contributed by atoms with Crippen LogP contribution in [0.3, 0.4) is 0 Å². The summed E-state index contributed by atoms with van der Waals surface area (Å²) in [7, 11) is 1.61. The summed E-state index contributed by atoms with van der Waals surface area (Å²) in [6.07, 6.45) is 1.54. The summed E-state index contributed by atoms with van der Waals surface area (Å²) in [5.74, 6) is 0.317. The van der Waals surface area contributed by atoms with E-state index in [2.05, 4.69) is 20.2 Å². The van der Waals surface area contributed by atoms with E-state index in [4.69, 9.17) is 21.1 Å². The van der Waals surface area contributed by atoms with Crippen molar-refractivity contribution in [2.24, 2.45) is 0 Å². The summed E-state index contributed by atoms with van der Waals surface area (Å²) in [4.78, 5) is 23.3. The van der Waals surface area contributed by atoms with Crippen molar-refractivity contribution in [1.29, 1.82) is 0 Å². The molecule has 9 heteroatoms. The third-order valence-electron chi connectivity index (χ3n) is 4.28. The van der Waals surface area contributed by atoms with Gasteiger partial charge in [-0.3, -0.25) is 10.1 Å². The molecule has 0 aliphatic carbocycles. The average Bonchev–Trinajstić information content (AvgIpc) is 3.11. The van der Waals surface area contributed by atoms with Gasteiger partial charge in [0.25, 0.3) is 5.91 Å². The number of methoxy groups -OCH3 is 1. The predicted octanol–water partition coefficient (Wildman–Crippen LogP) is 3.44. The smallest absolute Gasteiger partial charge is 0.260 e. The van der Waals surface area contributed by atoms with Crippen LogP contribution in [0.4, 0.5) is 10.8 Å². The molecule has 1 aliphatic rings. The number of benzene rings is 1. The number of morpholine rings is 1. The van der Waals surface area contributed by atoms with Gasteiger partial charge in [-0.25, -0.2) is 9.97 Å². The predicted molar refractivity (Wildman–Crippen MR) is 106 cm³/mol. The van der Waals surface area contributed by atoms with Gasteiger partial charge in [0.1, 0.15) is 16.4 Å². The van der Waals surface area contributed by atoms with Crippen LogP contribution in [0.1, 0.15) is 10.4 Å². The van der Waals surface area contributed by atoms with E-state index >= 15 is 0 Å². The first-order chi connectivity index (χ1) is 13.2. The van der Waals surface area contributed by atoms with Gasteiger partial charge in [0.2, 0.25) is 0 Å². The number of aromatic nitrogens is 2. The highest BCUT2D eigenvalue weighted by Gasteiger charge is 2.20. The number of nitrogens with zero attached hydrogens (tertiary/aromatic N) is 3. The molecule has 0 spiro atoms. The monoisotopic (exact) mass is 404 g/mol. The molecular formula is C18H17ClN4O3S. The number of rotatable bonds is 4. The summed E-state index contributed by atoms with van der Waals surface area (Å²) in [6.45, 7) is 3.00. The molecule has 7 nitrogen and oxygen atoms in total. The maximum atomic E-state index is 12.5. The maximum Gasteiger partial charge on any atom is 0.260 e. The molecule has 1 amide bonds. The number of hydrogen-bond acceptors (Lipinski definition) is 7. The van der Waals surface area contributed by atoms with Crippen LogP contribution in [0.2, 0.25) is 5.15 Å². The molecule has 2 aromatic heterocycles. The lowest BCUT2D eigenvalue weighted by Crippen LogP contribution is -2.36. The number of ether oxygens (including phenoxy) is 2. The third-order valence-corrected chi connectivity index (χ3v) is 5.58. The molecule has 1 aliphatic heterocycles. The Morgan fingerprint density at radius 1 is 1.33 bits per heavy atom. The lowest BCUT2D eigenvalue weighted by molar-refractivity contribution is 0.102. The van der Waals surface area contributed by atoms with Gasteiger partial charge in [0.15, 0.2) is 5.13 Å². The van der Waals surface area contributed by atoms with E-state index in [0.717, 1.165) is 29.0 Å². The second-order valence-corrected chi connectivity index (χ2v) is 7.24. The van der Waals surface area contributed by atoms with Crippen molar-refractivity contribution in [3.8, 4) is 5.75 Å². The fourth-order valence-corrected chi connectivity index (χ4v) is 4.19. The zero-order valence-electron chi connectivity index (χ0n) is 14.6. The van der Waals surface area contributed by atoms with Crippen molar-refractivity contribution in [3.63, 3.8) is 0 Å². The number of carbonyl (C=O) groups excluding carboxylic acids is 1. The standard InChI is InChI=1S/C18H17ClN4O3S/c1-25-13-5-4-12(23-7-9-26-10-8-23)15-14(13)21-18(27-15)22-17(24)11-3-2-6-20-16(11)19/h2-6H,7-10H2,1H3,(H,21,22,24). The Kier molecular flexibility index (Phi) is 5.11. The fourth-order valence-electron chi connectivity index (χ4n) is 2.96. The summed E-state index contributed by atoms with van der Waals surface area (Å²) < 4.78 is 11.9. The SMILES string of the molecule is COc1ccc(N2CCOCC2)c2sc(NC(=O)c3cccnc3Cl)nc12. The second-order valence-electron chi connectivity index (χ2n) is 5.88. The molecule has 0 bridgehead atoms. The molecule has 1 fully saturated rings. The highest BCUT2D eigenvalue weighted by atomic mass is 35.5. The lowest BCUT2D eigenvalue weighted by atomic mass is 10.2. The molecule has 0 atom stereocenters. The summed E-state index contributed by atoms with van der Waals surface area (Å²) in [5, 5.41) is 3.45. The highest BCUT2D eigenvalue weighted by molar-refractivity contribution is 7.23. The van der Waals surface area contributed by atoms with Crippen molar-refractivity contribution < 1.29 is 14.3 Å². The quantitative estimate of drug-likeness (QED) is 0.671. The molecule has 1 aromatic carbocycles. The van der Waals surface area contributed by atoms with E-state index in [9.17, 15) is 4.79 Å². The Bertz CT molecular complexity index is 988. The van der Waals surface area contributed by atoms with Crippen LogP contribution >= 0.6 is 22.9 Å². The number of pyridine rings is 1. The van der Waals surface area contributed by atoms with Gasteiger partial charge in [-0.15, -0.1) is 0 Å². The van der Waals surface area contributed by atoms with Crippen molar-refractivity contribution in [1.82, 2.24) is 9.97 Å². The van der Waals surface area contributed by atoms with E-state index in [1.807, 2.05) is 12.1 Å². The van der Waals surface area contributed by atoms with Gasteiger partial charge in [0, 0.05) is 19.3 Å². The molecule has 27 heavy (non-hydrogen) atoms. The minimum Gasteiger partial charge on any atom is -0.494 e. The molecule has 1 N–H and O–H groups in total. The molecule has 4 rings (SSSR count). The van der Waals surface area contributed by atoms with Crippen LogP contribution in [0.25, 0.3) is 10.2 Å². The van der Waals surface area contributed by atoms with Crippen molar-refractivity contribution >= 4 is 49.9 Å². The van der Waals surface area contributed by atoms with E-state index in [0.29, 0.717) is 29.7 Å². The van der Waals surface area contributed by atoms with Crippen molar-refractivity contribution in [2.75, 3.05) is 43.6 Å². The second kappa shape index (κ2) is 7.67. The molecule has 3 heterocycles. The number of halogens is 1. The number of hydrogen-bond donors (Lipinski definition) is 1. The first kappa shape index (κ1) is 18.0. The number of thiazole rings is 1. The van der Waals surface area contributed by atoms with E-state index < -0.39 is 0 Å². The Hall–Kier alpha value is -2.42. The van der Waals surface area contributed by atoms with Gasteiger partial charge >= 0.3 is 0 Å². The van der Waals surface area contributed by atoms with E-state index in [-0.39, 0.29) is 11.1 Å². The summed E-state index contributed by atoms with van der Waals surface area (Å²) >= 11 is 7.42. The minimum atomic E-state index is -0.348. The highest BCUT2D eigenvalue weighted by Crippen LogP contribution is 2.39. The Morgan fingerprint density at radius 3 is 2.89 bits per heavy atom. The van der Waals surface area contributed by atoms with Crippen LogP contribution in [0, 0.1) is 0 Å². The van der Waals surface area contributed by atoms with Crippen molar-refractivity contribution in [3.05, 3.63) is 41.2 Å².